The second kappa shape index (κ2) is 6.83. The molecule has 2 N–H and O–H groups in total. The monoisotopic (exact) mass is 251 g/mol. The van der Waals surface area contributed by atoms with Crippen molar-refractivity contribution in [3.05, 3.63) is 30.1 Å². The highest BCUT2D eigenvalue weighted by Gasteiger charge is 2.13. The van der Waals surface area contributed by atoms with Gasteiger partial charge in [0.2, 0.25) is 0 Å². The number of β-amino-alcohol motifs (C(OH)–C–C–N with tert-alkyl or cyclic N) is 1. The van der Waals surface area contributed by atoms with Crippen LogP contribution < -0.4 is 5.32 Å². The smallest absolute Gasteiger partial charge is 0.0791 e. The van der Waals surface area contributed by atoms with Crippen molar-refractivity contribution in [2.75, 3.05) is 20.1 Å². The lowest BCUT2D eigenvalue weighted by atomic mass is 10.1. The van der Waals surface area contributed by atoms with Crippen LogP contribution in [0.3, 0.4) is 0 Å². The molecular formula is C14H25N3O. The topological polar surface area (TPSA) is 48.4 Å². The molecular weight excluding hydrogens is 226 g/mol. The summed E-state index contributed by atoms with van der Waals surface area (Å²) in [5.41, 5.74) is 1.07. The number of likely N-dealkylation sites (N-methyl/N-ethyl adjacent to an activating group) is 1. The summed E-state index contributed by atoms with van der Waals surface area (Å²) in [6.07, 6.45) is 1.43. The van der Waals surface area contributed by atoms with Gasteiger partial charge in [0, 0.05) is 31.4 Å². The fourth-order valence-corrected chi connectivity index (χ4v) is 1.68. The third-order valence-corrected chi connectivity index (χ3v) is 2.55. The van der Waals surface area contributed by atoms with Crippen LogP contribution in [-0.4, -0.2) is 46.8 Å². The summed E-state index contributed by atoms with van der Waals surface area (Å²) in [4.78, 5) is 6.35. The van der Waals surface area contributed by atoms with Crippen molar-refractivity contribution in [1.29, 1.82) is 0 Å². The molecule has 0 aliphatic rings. The van der Waals surface area contributed by atoms with Gasteiger partial charge in [-0.25, -0.2) is 0 Å². The molecule has 1 heterocycles. The number of rotatable bonds is 6. The zero-order valence-electron chi connectivity index (χ0n) is 11.8. The molecule has 0 aliphatic carbocycles. The Kier molecular flexibility index (Phi) is 5.72. The van der Waals surface area contributed by atoms with E-state index in [1.807, 2.05) is 25.2 Å². The number of aromatic nitrogens is 1. The minimum Gasteiger partial charge on any atom is -0.390 e. The molecule has 1 aromatic heterocycles. The lowest BCUT2D eigenvalue weighted by Crippen LogP contribution is -2.44. The zero-order chi connectivity index (χ0) is 13.6. The second-order valence-corrected chi connectivity index (χ2v) is 5.80. The van der Waals surface area contributed by atoms with Gasteiger partial charge in [0.25, 0.3) is 0 Å². The molecule has 0 bridgehead atoms. The summed E-state index contributed by atoms with van der Waals surface area (Å²) in [5.74, 6) is 0. The summed E-state index contributed by atoms with van der Waals surface area (Å²) in [6.45, 7) is 8.29. The van der Waals surface area contributed by atoms with Gasteiger partial charge in [-0.05, 0) is 40.0 Å². The number of hydrogen-bond acceptors (Lipinski definition) is 4. The molecule has 0 saturated heterocycles. The van der Waals surface area contributed by atoms with E-state index in [1.165, 1.54) is 0 Å². The largest absolute Gasteiger partial charge is 0.390 e. The number of nitrogens with one attached hydrogen (secondary N) is 1. The van der Waals surface area contributed by atoms with Crippen molar-refractivity contribution in [2.45, 2.75) is 39.0 Å². The molecule has 0 radical (unpaired) electrons. The fourth-order valence-electron chi connectivity index (χ4n) is 1.68. The Bertz CT molecular complexity index is 335. The first-order valence-electron chi connectivity index (χ1n) is 6.38. The Labute approximate surface area is 110 Å². The molecule has 0 amide bonds. The standard InChI is InChI=1S/C14H25N3O/c1-14(2,3)16-9-13(18)11-17(4)10-12-7-5-6-8-15-12/h5-8,13,16,18H,9-11H2,1-4H3. The van der Waals surface area contributed by atoms with Crippen LogP contribution in [0, 0.1) is 0 Å². The fraction of sp³-hybridized carbons (Fsp3) is 0.643. The van der Waals surface area contributed by atoms with E-state index >= 15 is 0 Å². The van der Waals surface area contributed by atoms with E-state index in [4.69, 9.17) is 0 Å². The van der Waals surface area contributed by atoms with Gasteiger partial charge < -0.3 is 10.4 Å². The number of aliphatic hydroxyl groups is 1. The molecule has 1 atom stereocenters. The lowest BCUT2D eigenvalue weighted by molar-refractivity contribution is 0.114. The van der Waals surface area contributed by atoms with Crippen LogP contribution in [-0.2, 0) is 6.54 Å². The maximum absolute atomic E-state index is 9.94. The van der Waals surface area contributed by atoms with Gasteiger partial charge >= 0.3 is 0 Å². The minimum absolute atomic E-state index is 0.0422. The predicted molar refractivity (Wildman–Crippen MR) is 74.3 cm³/mol. The number of hydrogen-bond donors (Lipinski definition) is 2. The molecule has 0 spiro atoms. The second-order valence-electron chi connectivity index (χ2n) is 5.80. The highest BCUT2D eigenvalue weighted by molar-refractivity contribution is 5.03. The van der Waals surface area contributed by atoms with Gasteiger partial charge in [0.15, 0.2) is 0 Å². The zero-order valence-corrected chi connectivity index (χ0v) is 11.8. The van der Waals surface area contributed by atoms with Crippen LogP contribution in [0.2, 0.25) is 0 Å². The Morgan fingerprint density at radius 2 is 2.11 bits per heavy atom. The summed E-state index contributed by atoms with van der Waals surface area (Å²) in [6, 6.07) is 5.88. The number of pyridine rings is 1. The highest BCUT2D eigenvalue weighted by atomic mass is 16.3. The molecule has 1 unspecified atom stereocenters. The Hall–Kier alpha value is -0.970. The van der Waals surface area contributed by atoms with Crippen molar-refractivity contribution < 1.29 is 5.11 Å². The average Bonchev–Trinajstić information content (AvgIpc) is 2.26. The lowest BCUT2D eigenvalue weighted by Gasteiger charge is -2.25. The van der Waals surface area contributed by atoms with Crippen molar-refractivity contribution >= 4 is 0 Å². The third kappa shape index (κ3) is 6.69. The van der Waals surface area contributed by atoms with Gasteiger partial charge in [0.1, 0.15) is 0 Å². The van der Waals surface area contributed by atoms with Gasteiger partial charge in [-0.1, -0.05) is 6.07 Å². The SMILES string of the molecule is CN(Cc1ccccn1)CC(O)CNC(C)(C)C. The first kappa shape index (κ1) is 15.1. The quantitative estimate of drug-likeness (QED) is 0.799. The number of aliphatic hydroxyl groups excluding tert-OH is 1. The van der Waals surface area contributed by atoms with E-state index in [-0.39, 0.29) is 11.6 Å². The van der Waals surface area contributed by atoms with Gasteiger partial charge in [-0.15, -0.1) is 0 Å². The molecule has 102 valence electrons. The Morgan fingerprint density at radius 1 is 1.39 bits per heavy atom. The Balaban J connectivity index is 2.29. The van der Waals surface area contributed by atoms with Crippen LogP contribution >= 0.6 is 0 Å². The molecule has 18 heavy (non-hydrogen) atoms. The molecule has 1 aromatic rings. The van der Waals surface area contributed by atoms with E-state index in [0.717, 1.165) is 12.2 Å². The molecule has 0 aromatic carbocycles. The first-order chi connectivity index (χ1) is 8.37. The van der Waals surface area contributed by atoms with E-state index in [2.05, 4.69) is 36.0 Å². The van der Waals surface area contributed by atoms with Gasteiger partial charge in [-0.2, -0.15) is 0 Å². The minimum atomic E-state index is -0.363. The van der Waals surface area contributed by atoms with Crippen LogP contribution in [0.25, 0.3) is 0 Å². The van der Waals surface area contributed by atoms with Crippen molar-refractivity contribution in [3.63, 3.8) is 0 Å². The molecule has 0 fully saturated rings. The van der Waals surface area contributed by atoms with Crippen LogP contribution in [0.5, 0.6) is 0 Å². The van der Waals surface area contributed by atoms with Gasteiger partial charge in [-0.3, -0.25) is 9.88 Å². The van der Waals surface area contributed by atoms with Crippen molar-refractivity contribution in [2.24, 2.45) is 0 Å². The third-order valence-electron chi connectivity index (χ3n) is 2.55. The first-order valence-corrected chi connectivity index (χ1v) is 6.38. The van der Waals surface area contributed by atoms with E-state index < -0.39 is 0 Å². The predicted octanol–water partition coefficient (Wildman–Crippen LogP) is 1.26. The average molecular weight is 251 g/mol. The molecule has 0 aliphatic heterocycles. The molecule has 4 nitrogen and oxygen atoms in total. The van der Waals surface area contributed by atoms with Crippen LogP contribution in [0.1, 0.15) is 26.5 Å². The molecule has 4 heteroatoms. The van der Waals surface area contributed by atoms with Crippen LogP contribution in [0.4, 0.5) is 0 Å². The Morgan fingerprint density at radius 3 is 2.67 bits per heavy atom. The maximum Gasteiger partial charge on any atom is 0.0791 e. The molecule has 1 rings (SSSR count). The van der Waals surface area contributed by atoms with Crippen molar-refractivity contribution in [3.8, 4) is 0 Å². The summed E-state index contributed by atoms with van der Waals surface area (Å²) >= 11 is 0. The normalized spacial score (nSPS) is 13.9. The van der Waals surface area contributed by atoms with Crippen molar-refractivity contribution in [1.82, 2.24) is 15.2 Å². The molecule has 0 saturated carbocycles. The summed E-state index contributed by atoms with van der Waals surface area (Å²) in [5, 5.41) is 13.2. The van der Waals surface area contributed by atoms with E-state index in [1.54, 1.807) is 6.20 Å². The maximum atomic E-state index is 9.94. The number of nitrogens with zero attached hydrogens (tertiary/aromatic N) is 2. The van der Waals surface area contributed by atoms with E-state index in [9.17, 15) is 5.11 Å². The van der Waals surface area contributed by atoms with E-state index in [0.29, 0.717) is 13.1 Å². The van der Waals surface area contributed by atoms with Crippen LogP contribution in [0.15, 0.2) is 24.4 Å². The van der Waals surface area contributed by atoms with Gasteiger partial charge in [0.05, 0.1) is 11.8 Å². The summed E-state index contributed by atoms with van der Waals surface area (Å²) in [7, 11) is 2.00. The highest BCUT2D eigenvalue weighted by Crippen LogP contribution is 2.01. The summed E-state index contributed by atoms with van der Waals surface area (Å²) < 4.78 is 0.